The summed E-state index contributed by atoms with van der Waals surface area (Å²) in [6.07, 6.45) is -4.55. The van der Waals surface area contributed by atoms with Crippen molar-refractivity contribution in [3.05, 3.63) is 58.1 Å². The van der Waals surface area contributed by atoms with Crippen LogP contribution in [0.15, 0.2) is 52.4 Å². The second-order valence-electron chi connectivity index (χ2n) is 11.9. The van der Waals surface area contributed by atoms with Crippen LogP contribution in [-0.4, -0.2) is 52.7 Å². The fraction of sp³-hybridized carbons (Fsp3) is 0.500. The molecule has 1 aliphatic heterocycles. The van der Waals surface area contributed by atoms with Crippen molar-refractivity contribution in [2.45, 2.75) is 87.1 Å². The number of carbonyl (C=O) groups excluding carboxylic acids is 1. The average Bonchev–Trinajstić information content (AvgIpc) is 3.13. The molecule has 7 nitrogen and oxygen atoms in total. The van der Waals surface area contributed by atoms with E-state index in [2.05, 4.69) is 10.3 Å². The zero-order valence-corrected chi connectivity index (χ0v) is 24.8. The number of hydrogen-bond donors (Lipinski definition) is 2. The maximum absolute atomic E-state index is 14.0. The van der Waals surface area contributed by atoms with Gasteiger partial charge in [0.05, 0.1) is 15.6 Å². The van der Waals surface area contributed by atoms with Gasteiger partial charge in [0.15, 0.2) is 5.78 Å². The van der Waals surface area contributed by atoms with Crippen molar-refractivity contribution < 1.29 is 31.5 Å². The number of phenols is 1. The molecule has 2 aromatic carbocycles. The first-order valence-electron chi connectivity index (χ1n) is 13.2. The lowest BCUT2D eigenvalue weighted by atomic mass is 9.38. The van der Waals surface area contributed by atoms with Crippen LogP contribution in [0.2, 0.25) is 10.0 Å². The number of aliphatic imine (C=N–C) groups is 1. The second kappa shape index (κ2) is 10.1. The third kappa shape index (κ3) is 5.46. The molecule has 0 spiro atoms. The molecule has 0 amide bonds. The van der Waals surface area contributed by atoms with E-state index in [1.807, 2.05) is 0 Å². The summed E-state index contributed by atoms with van der Waals surface area (Å²) < 4.78 is 67.0. The number of para-hydroxylation sites is 1. The van der Waals surface area contributed by atoms with E-state index in [9.17, 15) is 31.5 Å². The van der Waals surface area contributed by atoms with E-state index in [-0.39, 0.29) is 40.8 Å². The normalized spacial score (nSPS) is 26.6. The summed E-state index contributed by atoms with van der Waals surface area (Å²) in [5, 5.41) is 14.4. The topological polar surface area (TPSA) is 99.1 Å². The first-order valence-corrected chi connectivity index (χ1v) is 15.4. The number of sulfonamides is 1. The monoisotopic (exact) mass is 631 g/mol. The zero-order valence-electron chi connectivity index (χ0n) is 22.4. The molecule has 0 aromatic heterocycles. The lowest BCUT2D eigenvalue weighted by molar-refractivity contribution is -0.151. The highest BCUT2D eigenvalue weighted by Crippen LogP contribution is 2.71. The third-order valence-corrected chi connectivity index (χ3v) is 11.1. The van der Waals surface area contributed by atoms with Gasteiger partial charge >= 0.3 is 6.18 Å². The molecule has 4 aliphatic rings. The Kier molecular flexibility index (Phi) is 7.45. The number of aromatic hydroxyl groups is 1. The maximum Gasteiger partial charge on any atom is 0.389 e. The van der Waals surface area contributed by atoms with Gasteiger partial charge in [-0.1, -0.05) is 41.4 Å². The lowest BCUT2D eigenvalue weighted by Crippen LogP contribution is -2.78. The van der Waals surface area contributed by atoms with Crippen LogP contribution in [0.3, 0.4) is 0 Å². The number of alkyl halides is 3. The van der Waals surface area contributed by atoms with E-state index in [0.717, 1.165) is 0 Å². The number of rotatable bonds is 10. The van der Waals surface area contributed by atoms with Crippen molar-refractivity contribution in [2.24, 2.45) is 10.4 Å². The van der Waals surface area contributed by atoms with E-state index in [1.165, 1.54) is 16.4 Å². The molecule has 0 unspecified atom stereocenters. The molecule has 41 heavy (non-hydrogen) atoms. The number of phenolic OH excluding ortho intramolecular Hbond substituents is 1. The Bertz CT molecular complexity index is 1510. The smallest absolute Gasteiger partial charge is 0.389 e. The van der Waals surface area contributed by atoms with Gasteiger partial charge < -0.3 is 10.4 Å². The van der Waals surface area contributed by atoms with Crippen molar-refractivity contribution in [3.8, 4) is 5.75 Å². The number of hydrogen-bond acceptors (Lipinski definition) is 6. The lowest BCUT2D eigenvalue weighted by Gasteiger charge is -2.73. The third-order valence-electron chi connectivity index (χ3n) is 8.35. The van der Waals surface area contributed by atoms with Crippen molar-refractivity contribution in [2.75, 3.05) is 0 Å². The first-order chi connectivity index (χ1) is 19.0. The van der Waals surface area contributed by atoms with E-state index in [0.29, 0.717) is 35.7 Å². The summed E-state index contributed by atoms with van der Waals surface area (Å²) in [6.45, 7) is 3.57. The van der Waals surface area contributed by atoms with Crippen molar-refractivity contribution in [1.29, 1.82) is 0 Å². The minimum absolute atomic E-state index is 0.00461. The van der Waals surface area contributed by atoms with Crippen LogP contribution in [-0.2, 0) is 21.4 Å². The van der Waals surface area contributed by atoms with Gasteiger partial charge in [0.2, 0.25) is 10.0 Å². The van der Waals surface area contributed by atoms with Crippen molar-refractivity contribution >= 4 is 44.8 Å². The Hall–Kier alpha value is -2.34. The first kappa shape index (κ1) is 30.1. The number of benzene rings is 2. The van der Waals surface area contributed by atoms with Gasteiger partial charge in [-0.15, -0.1) is 0 Å². The Labute approximate surface area is 246 Å². The molecule has 2 N–H and O–H groups in total. The molecule has 13 heteroatoms. The highest BCUT2D eigenvalue weighted by atomic mass is 35.5. The van der Waals surface area contributed by atoms with Crippen LogP contribution in [0, 0.1) is 5.41 Å². The van der Waals surface area contributed by atoms with Gasteiger partial charge in [-0.2, -0.15) is 17.5 Å². The molecule has 3 saturated carbocycles. The molecule has 1 atom stereocenters. The molecule has 3 aliphatic carbocycles. The molecule has 222 valence electrons. The van der Waals surface area contributed by atoms with Crippen molar-refractivity contribution in [1.82, 2.24) is 9.62 Å². The maximum atomic E-state index is 14.0. The highest BCUT2D eigenvalue weighted by Gasteiger charge is 2.75. The SMILES string of the molecule is CC1(C)NC(C23CC(N(Cc4ccc(Cl)c(Cl)c4)S(=O)(=O)c4ccccc4O)(C2)C3)=N[C@H]1C(=O)CCCC(F)(F)F. The molecule has 0 radical (unpaired) electrons. The van der Waals surface area contributed by atoms with Crippen LogP contribution in [0.5, 0.6) is 5.75 Å². The Morgan fingerprint density at radius 3 is 2.39 bits per heavy atom. The Morgan fingerprint density at radius 1 is 1.12 bits per heavy atom. The molecular formula is C28H30Cl2F3N3O4S. The number of ketones is 1. The van der Waals surface area contributed by atoms with E-state index < -0.39 is 45.2 Å². The molecular weight excluding hydrogens is 602 g/mol. The van der Waals surface area contributed by atoms with Crippen LogP contribution in [0.25, 0.3) is 0 Å². The van der Waals surface area contributed by atoms with Gasteiger partial charge in [0.25, 0.3) is 0 Å². The summed E-state index contributed by atoms with van der Waals surface area (Å²) in [4.78, 5) is 17.3. The van der Waals surface area contributed by atoms with Gasteiger partial charge in [-0.25, -0.2) is 8.42 Å². The van der Waals surface area contributed by atoms with E-state index >= 15 is 0 Å². The van der Waals surface area contributed by atoms with Crippen LogP contribution in [0.1, 0.15) is 57.9 Å². The Morgan fingerprint density at radius 2 is 1.78 bits per heavy atom. The summed E-state index contributed by atoms with van der Waals surface area (Å²) >= 11 is 12.3. The average molecular weight is 633 g/mol. The predicted octanol–water partition coefficient (Wildman–Crippen LogP) is 6.26. The Balaban J connectivity index is 1.38. The zero-order chi connectivity index (χ0) is 30.0. The largest absolute Gasteiger partial charge is 0.507 e. The van der Waals surface area contributed by atoms with Crippen LogP contribution >= 0.6 is 23.2 Å². The van der Waals surface area contributed by atoms with Gasteiger partial charge in [-0.05, 0) is 69.4 Å². The number of nitrogens with zero attached hydrogens (tertiary/aromatic N) is 2. The summed E-state index contributed by atoms with van der Waals surface area (Å²) in [5.74, 6) is -0.122. The summed E-state index contributed by atoms with van der Waals surface area (Å²) in [5.41, 5.74) is -1.38. The standard InChI is InChI=1S/C28H30Cl2F3N3O4S/c1-25(2)23(21(38)7-5-11-28(31,32)33)34-24(35-25)26-14-27(15-26,16-26)36(13-17-9-10-18(29)19(30)12-17)41(39,40)22-8-4-3-6-20(22)37/h3-4,6,8-10,12,23,37H,5,7,11,13-16H2,1-2H3,(H,34,35)/t23-,26?,27?/m0/s1. The number of nitrogens with one attached hydrogen (secondary N) is 1. The van der Waals surface area contributed by atoms with Gasteiger partial charge in [0.1, 0.15) is 22.5 Å². The molecule has 0 saturated heterocycles. The van der Waals surface area contributed by atoms with Gasteiger partial charge in [0, 0.05) is 30.3 Å². The van der Waals surface area contributed by atoms with Crippen molar-refractivity contribution in [3.63, 3.8) is 0 Å². The van der Waals surface area contributed by atoms with E-state index in [1.54, 1.807) is 44.2 Å². The summed E-state index contributed by atoms with van der Waals surface area (Å²) in [6, 6.07) is 9.83. The van der Waals surface area contributed by atoms with Gasteiger partial charge in [-0.3, -0.25) is 9.79 Å². The molecule has 3 fully saturated rings. The summed E-state index contributed by atoms with van der Waals surface area (Å²) in [7, 11) is -4.15. The minimum atomic E-state index is -4.32. The van der Waals surface area contributed by atoms with E-state index in [4.69, 9.17) is 23.2 Å². The fourth-order valence-corrected chi connectivity index (χ4v) is 8.56. The highest BCUT2D eigenvalue weighted by molar-refractivity contribution is 7.89. The molecule has 1 heterocycles. The van der Waals surface area contributed by atoms with Crippen LogP contribution in [0.4, 0.5) is 13.2 Å². The second-order valence-corrected chi connectivity index (χ2v) is 14.6. The number of carbonyl (C=O) groups is 1. The number of amidine groups is 1. The fourth-order valence-electron chi connectivity index (χ4n) is 6.40. The minimum Gasteiger partial charge on any atom is -0.507 e. The number of Topliss-reactive ketones (excluding diaryl/α,β-unsaturated/α-hetero) is 1. The predicted molar refractivity (Wildman–Crippen MR) is 150 cm³/mol. The number of halogens is 5. The molecule has 2 aromatic rings. The van der Waals surface area contributed by atoms with Crippen LogP contribution < -0.4 is 5.32 Å². The molecule has 6 rings (SSSR count). The quantitative estimate of drug-likeness (QED) is 0.322. The molecule has 2 bridgehead atoms.